The van der Waals surface area contributed by atoms with E-state index in [9.17, 15) is 9.90 Å². The highest BCUT2D eigenvalue weighted by Gasteiger charge is 2.51. The first kappa shape index (κ1) is 14.0. The number of carbonyl (C=O) groups is 1. The highest BCUT2D eigenvalue weighted by molar-refractivity contribution is 5.89. The Morgan fingerprint density at radius 2 is 1.90 bits per heavy atom. The van der Waals surface area contributed by atoms with E-state index in [2.05, 4.69) is 4.90 Å². The second kappa shape index (κ2) is 5.13. The van der Waals surface area contributed by atoms with Crippen LogP contribution in [0.3, 0.4) is 0 Å². The molecular formula is C15H24N2O3. The van der Waals surface area contributed by atoms with Gasteiger partial charge in [0.05, 0.1) is 12.1 Å². The van der Waals surface area contributed by atoms with Crippen LogP contribution in [0.4, 0.5) is 0 Å². The topological polar surface area (TPSA) is 75.3 Å². The van der Waals surface area contributed by atoms with Crippen molar-refractivity contribution in [2.45, 2.75) is 43.9 Å². The number of fused-ring (bicyclic) bond motifs is 2. The molecule has 3 saturated heterocycles. The fraction of sp³-hybridized carbons (Fsp3) is 0.800. The number of hydrogen-bond acceptors (Lipinski definition) is 3. The predicted molar refractivity (Wildman–Crippen MR) is 75.1 cm³/mol. The van der Waals surface area contributed by atoms with Gasteiger partial charge in [0, 0.05) is 18.7 Å². The van der Waals surface area contributed by atoms with Crippen molar-refractivity contribution < 1.29 is 15.4 Å². The van der Waals surface area contributed by atoms with Gasteiger partial charge in [-0.1, -0.05) is 0 Å². The minimum absolute atomic E-state index is 0. The highest BCUT2D eigenvalue weighted by Crippen LogP contribution is 2.43. The maximum atomic E-state index is 12.1. The molecule has 0 bridgehead atoms. The zero-order valence-corrected chi connectivity index (χ0v) is 11.7. The van der Waals surface area contributed by atoms with Crippen molar-refractivity contribution in [2.75, 3.05) is 19.6 Å². The zero-order valence-electron chi connectivity index (χ0n) is 11.7. The van der Waals surface area contributed by atoms with Crippen molar-refractivity contribution in [3.05, 3.63) is 12.2 Å². The van der Waals surface area contributed by atoms with E-state index in [0.29, 0.717) is 17.9 Å². The lowest BCUT2D eigenvalue weighted by molar-refractivity contribution is -0.149. The van der Waals surface area contributed by atoms with Crippen LogP contribution in [0.15, 0.2) is 12.2 Å². The summed E-state index contributed by atoms with van der Waals surface area (Å²) in [4.78, 5) is 16.7. The van der Waals surface area contributed by atoms with Crippen LogP contribution in [0, 0.1) is 11.8 Å². The summed E-state index contributed by atoms with van der Waals surface area (Å²) >= 11 is 0. The van der Waals surface area contributed by atoms with Crippen LogP contribution in [0.2, 0.25) is 0 Å². The lowest BCUT2D eigenvalue weighted by Crippen LogP contribution is -2.68. The first-order valence-electron chi connectivity index (χ1n) is 7.66. The molecule has 3 fully saturated rings. The molecule has 5 nitrogen and oxygen atoms in total. The first-order valence-corrected chi connectivity index (χ1v) is 7.66. The van der Waals surface area contributed by atoms with Gasteiger partial charge in [-0.2, -0.15) is 0 Å². The third kappa shape index (κ3) is 1.91. The molecule has 0 radical (unpaired) electrons. The smallest absolute Gasteiger partial charge is 0.246 e. The monoisotopic (exact) mass is 280 g/mol. The van der Waals surface area contributed by atoms with Gasteiger partial charge in [0.1, 0.15) is 0 Å². The molecule has 5 atom stereocenters. The third-order valence-electron chi connectivity index (χ3n) is 5.65. The molecule has 112 valence electrons. The maximum Gasteiger partial charge on any atom is 0.246 e. The van der Waals surface area contributed by atoms with E-state index in [1.807, 2.05) is 4.90 Å². The molecule has 0 aromatic heterocycles. The number of nitrogens with zero attached hydrogens (tertiary/aromatic N) is 2. The van der Waals surface area contributed by atoms with Crippen LogP contribution in [0.5, 0.6) is 0 Å². The van der Waals surface area contributed by atoms with Crippen LogP contribution in [-0.4, -0.2) is 64.1 Å². The summed E-state index contributed by atoms with van der Waals surface area (Å²) < 4.78 is 0. The van der Waals surface area contributed by atoms with E-state index >= 15 is 0 Å². The van der Waals surface area contributed by atoms with E-state index in [-0.39, 0.29) is 17.4 Å². The minimum Gasteiger partial charge on any atom is -0.412 e. The number of aliphatic hydroxyl groups excluding tert-OH is 1. The molecule has 4 heterocycles. The van der Waals surface area contributed by atoms with Crippen LogP contribution >= 0.6 is 0 Å². The van der Waals surface area contributed by atoms with Gasteiger partial charge < -0.3 is 15.5 Å². The third-order valence-corrected chi connectivity index (χ3v) is 5.65. The van der Waals surface area contributed by atoms with E-state index in [1.54, 1.807) is 12.2 Å². The summed E-state index contributed by atoms with van der Waals surface area (Å²) in [7, 11) is 0. The molecule has 4 aliphatic heterocycles. The summed E-state index contributed by atoms with van der Waals surface area (Å²) in [5, 5.41) is 10.3. The lowest BCUT2D eigenvalue weighted by atomic mass is 9.68. The summed E-state index contributed by atoms with van der Waals surface area (Å²) in [6, 6.07) is 0.636. The van der Waals surface area contributed by atoms with Crippen molar-refractivity contribution in [1.29, 1.82) is 0 Å². The Labute approximate surface area is 119 Å². The van der Waals surface area contributed by atoms with Crippen molar-refractivity contribution in [2.24, 2.45) is 11.8 Å². The number of amides is 1. The van der Waals surface area contributed by atoms with Gasteiger partial charge in [-0.05, 0) is 56.7 Å². The van der Waals surface area contributed by atoms with E-state index in [4.69, 9.17) is 0 Å². The Bertz CT molecular complexity index is 423. The first-order chi connectivity index (χ1) is 9.25. The normalized spacial score (nSPS) is 43.5. The molecule has 0 aliphatic carbocycles. The van der Waals surface area contributed by atoms with Crippen LogP contribution in [0.1, 0.15) is 25.7 Å². The average Bonchev–Trinajstić information content (AvgIpc) is 2.43. The molecule has 0 spiro atoms. The summed E-state index contributed by atoms with van der Waals surface area (Å²) in [6.45, 7) is 3.27. The largest absolute Gasteiger partial charge is 0.412 e. The Hall–Kier alpha value is -0.910. The molecule has 1 amide bonds. The zero-order chi connectivity index (χ0) is 13.0. The van der Waals surface area contributed by atoms with E-state index < -0.39 is 6.10 Å². The van der Waals surface area contributed by atoms with Crippen LogP contribution in [-0.2, 0) is 4.79 Å². The second-order valence-electron chi connectivity index (χ2n) is 6.57. The number of carbonyl (C=O) groups excluding carboxylic acids is 1. The Balaban J connectivity index is 0.00000121. The summed E-state index contributed by atoms with van der Waals surface area (Å²) in [5.41, 5.74) is 0. The molecule has 5 heteroatoms. The molecule has 4 rings (SSSR count). The van der Waals surface area contributed by atoms with Crippen molar-refractivity contribution in [3.8, 4) is 0 Å². The molecule has 0 unspecified atom stereocenters. The second-order valence-corrected chi connectivity index (χ2v) is 6.57. The number of hydrogen-bond donors (Lipinski definition) is 1. The maximum absolute atomic E-state index is 12.1. The van der Waals surface area contributed by atoms with Crippen LogP contribution < -0.4 is 0 Å². The Morgan fingerprint density at radius 3 is 2.70 bits per heavy atom. The highest BCUT2D eigenvalue weighted by atomic mass is 16.3. The fourth-order valence-electron chi connectivity index (χ4n) is 5.00. The Kier molecular flexibility index (Phi) is 3.60. The van der Waals surface area contributed by atoms with Crippen molar-refractivity contribution in [1.82, 2.24) is 9.80 Å². The Morgan fingerprint density at radius 1 is 1.15 bits per heavy atom. The van der Waals surface area contributed by atoms with Gasteiger partial charge in [-0.3, -0.25) is 9.69 Å². The van der Waals surface area contributed by atoms with Crippen LogP contribution in [0.25, 0.3) is 0 Å². The molecule has 3 N–H and O–H groups in total. The molecule has 20 heavy (non-hydrogen) atoms. The van der Waals surface area contributed by atoms with Gasteiger partial charge in [0.2, 0.25) is 5.91 Å². The van der Waals surface area contributed by atoms with Gasteiger partial charge in [0.15, 0.2) is 0 Å². The van der Waals surface area contributed by atoms with Gasteiger partial charge in [-0.15, -0.1) is 0 Å². The number of aliphatic hydroxyl groups is 1. The summed E-state index contributed by atoms with van der Waals surface area (Å²) in [5.74, 6) is 1.20. The number of piperidine rings is 3. The van der Waals surface area contributed by atoms with Crippen molar-refractivity contribution in [3.63, 3.8) is 0 Å². The SMILES string of the molecule is O.O=C1C=C[C@H](O)[C@@H]2[C@H]3CCCN4CCC[C@@H](CN12)[C@@H]34. The molecule has 4 aliphatic rings. The molecule has 0 saturated carbocycles. The summed E-state index contributed by atoms with van der Waals surface area (Å²) in [6.07, 6.45) is 7.68. The predicted octanol–water partition coefficient (Wildman–Crippen LogP) is -0.206. The van der Waals surface area contributed by atoms with E-state index in [1.165, 1.54) is 32.4 Å². The van der Waals surface area contributed by atoms with Gasteiger partial charge in [0.25, 0.3) is 0 Å². The standard InChI is InChI=1S/C15H22N2O2.H2O/c18-12-5-6-13(19)17-9-10-3-1-7-16-8-2-4-11(14(10)16)15(12)17;/h5-6,10-12,14-15,18H,1-4,7-9H2;1H2/t10-,11-,12-,14-,15-;/m0./s1. The van der Waals surface area contributed by atoms with E-state index in [0.717, 1.165) is 13.0 Å². The van der Waals surface area contributed by atoms with Crippen molar-refractivity contribution >= 4 is 5.91 Å². The lowest BCUT2D eigenvalue weighted by Gasteiger charge is -2.58. The minimum atomic E-state index is -0.467. The van der Waals surface area contributed by atoms with Gasteiger partial charge >= 0.3 is 0 Å². The molecular weight excluding hydrogens is 256 g/mol. The molecule has 0 aromatic rings. The molecule has 0 aromatic carbocycles. The average molecular weight is 280 g/mol. The fourth-order valence-corrected chi connectivity index (χ4v) is 5.00. The quantitative estimate of drug-likeness (QED) is 0.667. The van der Waals surface area contributed by atoms with Gasteiger partial charge in [-0.25, -0.2) is 0 Å². The number of rotatable bonds is 0.